The van der Waals surface area contributed by atoms with Gasteiger partial charge in [0.15, 0.2) is 5.75 Å². The zero-order chi connectivity index (χ0) is 14.1. The van der Waals surface area contributed by atoms with Crippen molar-refractivity contribution in [3.63, 3.8) is 0 Å². The molecule has 0 N–H and O–H groups in total. The zero-order valence-corrected chi connectivity index (χ0v) is 10.7. The first-order chi connectivity index (χ1) is 9.70. The fraction of sp³-hybridized carbons (Fsp3) is 0.0667. The van der Waals surface area contributed by atoms with E-state index < -0.39 is 11.8 Å². The third-order valence-electron chi connectivity index (χ3n) is 3.01. The molecule has 2 aromatic carbocycles. The fourth-order valence-electron chi connectivity index (χ4n) is 1.99. The number of benzene rings is 2. The second-order valence-electron chi connectivity index (χ2n) is 4.22. The highest BCUT2D eigenvalue weighted by Gasteiger charge is 2.37. The van der Waals surface area contributed by atoms with E-state index in [9.17, 15) is 9.59 Å². The minimum absolute atomic E-state index is 0.353. The van der Waals surface area contributed by atoms with E-state index in [1.807, 2.05) is 0 Å². The molecular formula is C15H11NO4. The molecule has 3 rings (SSSR count). The van der Waals surface area contributed by atoms with Crippen LogP contribution in [0.2, 0.25) is 0 Å². The Morgan fingerprint density at radius 2 is 1.30 bits per heavy atom. The molecule has 0 saturated carbocycles. The average molecular weight is 269 g/mol. The molecule has 0 bridgehead atoms. The number of methoxy groups -OCH3 is 1. The molecule has 5 nitrogen and oxygen atoms in total. The van der Waals surface area contributed by atoms with Crippen molar-refractivity contribution in [3.8, 4) is 11.5 Å². The first-order valence-corrected chi connectivity index (χ1v) is 6.00. The van der Waals surface area contributed by atoms with E-state index >= 15 is 0 Å². The van der Waals surface area contributed by atoms with Crippen molar-refractivity contribution in [2.75, 3.05) is 7.11 Å². The molecule has 1 aliphatic heterocycles. The Hall–Kier alpha value is -2.82. The smallest absolute Gasteiger partial charge is 0.295 e. The summed E-state index contributed by atoms with van der Waals surface area (Å²) < 4.78 is 5.03. The predicted octanol–water partition coefficient (Wildman–Crippen LogP) is 2.29. The molecule has 0 unspecified atom stereocenters. The first kappa shape index (κ1) is 12.2. The molecule has 0 fully saturated rings. The lowest BCUT2D eigenvalue weighted by Gasteiger charge is -2.14. The van der Waals surface area contributed by atoms with Gasteiger partial charge in [-0.3, -0.25) is 9.59 Å². The largest absolute Gasteiger partial charge is 0.497 e. The van der Waals surface area contributed by atoms with Gasteiger partial charge in [-0.15, -0.1) is 0 Å². The predicted molar refractivity (Wildman–Crippen MR) is 70.6 cm³/mol. The Bertz CT molecular complexity index is 644. The van der Waals surface area contributed by atoms with Crippen molar-refractivity contribution in [1.29, 1.82) is 0 Å². The number of fused-ring (bicyclic) bond motifs is 1. The maximum absolute atomic E-state index is 12.1. The van der Waals surface area contributed by atoms with Crippen LogP contribution in [0.3, 0.4) is 0 Å². The highest BCUT2D eigenvalue weighted by atomic mass is 16.7. The summed E-state index contributed by atoms with van der Waals surface area (Å²) in [7, 11) is 1.56. The van der Waals surface area contributed by atoms with Gasteiger partial charge in [-0.05, 0) is 36.4 Å². The van der Waals surface area contributed by atoms with Gasteiger partial charge in [0.1, 0.15) is 5.75 Å². The third kappa shape index (κ3) is 1.89. The standard InChI is InChI=1S/C15H11NO4/c1-19-10-6-8-11(9-7-10)20-16-14(17)12-4-2-3-5-13(12)15(16)18/h2-9H,1H3. The summed E-state index contributed by atoms with van der Waals surface area (Å²) in [6, 6.07) is 13.3. The Balaban J connectivity index is 1.85. The lowest BCUT2D eigenvalue weighted by Crippen LogP contribution is -2.33. The van der Waals surface area contributed by atoms with E-state index in [-0.39, 0.29) is 0 Å². The summed E-state index contributed by atoms with van der Waals surface area (Å²) in [4.78, 5) is 29.5. The van der Waals surface area contributed by atoms with Gasteiger partial charge in [0, 0.05) is 0 Å². The van der Waals surface area contributed by atoms with Crippen LogP contribution in [0.25, 0.3) is 0 Å². The Morgan fingerprint density at radius 3 is 1.80 bits per heavy atom. The molecule has 0 atom stereocenters. The van der Waals surface area contributed by atoms with Gasteiger partial charge in [-0.1, -0.05) is 17.2 Å². The van der Waals surface area contributed by atoms with Crippen LogP contribution in [0.1, 0.15) is 20.7 Å². The van der Waals surface area contributed by atoms with E-state index in [2.05, 4.69) is 0 Å². The highest BCUT2D eigenvalue weighted by molar-refractivity contribution is 6.20. The van der Waals surface area contributed by atoms with Crippen molar-refractivity contribution in [2.45, 2.75) is 0 Å². The second kappa shape index (κ2) is 4.70. The normalized spacial score (nSPS) is 13.3. The first-order valence-electron chi connectivity index (χ1n) is 6.00. The summed E-state index contributed by atoms with van der Waals surface area (Å²) in [5, 5.41) is 0.770. The molecule has 100 valence electrons. The molecule has 2 aromatic rings. The number of imide groups is 1. The maximum atomic E-state index is 12.1. The highest BCUT2D eigenvalue weighted by Crippen LogP contribution is 2.25. The second-order valence-corrected chi connectivity index (χ2v) is 4.22. The summed E-state index contributed by atoms with van der Waals surface area (Å²) in [5.41, 5.74) is 0.706. The van der Waals surface area contributed by atoms with Gasteiger partial charge in [-0.2, -0.15) is 0 Å². The number of carbonyl (C=O) groups is 2. The number of amides is 2. The number of hydrogen-bond donors (Lipinski definition) is 0. The molecule has 0 aliphatic carbocycles. The van der Waals surface area contributed by atoms with E-state index in [4.69, 9.17) is 9.57 Å². The Morgan fingerprint density at radius 1 is 0.800 bits per heavy atom. The minimum Gasteiger partial charge on any atom is -0.497 e. The van der Waals surface area contributed by atoms with Gasteiger partial charge in [0.25, 0.3) is 11.8 Å². The summed E-state index contributed by atoms with van der Waals surface area (Å²) >= 11 is 0. The number of hydroxylamine groups is 2. The molecule has 2 amide bonds. The SMILES string of the molecule is COc1ccc(ON2C(=O)c3ccccc3C2=O)cc1. The Labute approximate surface area is 115 Å². The lowest BCUT2D eigenvalue weighted by molar-refractivity contribution is -0.0141. The van der Waals surface area contributed by atoms with Crippen LogP contribution in [0.5, 0.6) is 11.5 Å². The van der Waals surface area contributed by atoms with E-state index in [1.165, 1.54) is 0 Å². The van der Waals surface area contributed by atoms with Gasteiger partial charge in [0.2, 0.25) is 0 Å². The van der Waals surface area contributed by atoms with Crippen molar-refractivity contribution in [1.82, 2.24) is 5.06 Å². The molecule has 0 radical (unpaired) electrons. The molecule has 5 heteroatoms. The van der Waals surface area contributed by atoms with Crippen molar-refractivity contribution >= 4 is 11.8 Å². The maximum Gasteiger partial charge on any atom is 0.295 e. The van der Waals surface area contributed by atoms with Crippen LogP contribution in [0, 0.1) is 0 Å². The van der Waals surface area contributed by atoms with Gasteiger partial charge < -0.3 is 9.57 Å². The summed E-state index contributed by atoms with van der Waals surface area (Å²) in [5.74, 6) is 0.142. The molecule has 1 aliphatic rings. The van der Waals surface area contributed by atoms with Crippen molar-refractivity contribution < 1.29 is 19.2 Å². The van der Waals surface area contributed by atoms with E-state index in [0.717, 1.165) is 5.06 Å². The van der Waals surface area contributed by atoms with Crippen LogP contribution >= 0.6 is 0 Å². The van der Waals surface area contributed by atoms with Crippen LogP contribution in [-0.4, -0.2) is 24.0 Å². The molecular weight excluding hydrogens is 258 g/mol. The minimum atomic E-state index is -0.457. The van der Waals surface area contributed by atoms with Crippen LogP contribution in [0.15, 0.2) is 48.5 Å². The van der Waals surface area contributed by atoms with Crippen LogP contribution in [-0.2, 0) is 0 Å². The average Bonchev–Trinajstić information content (AvgIpc) is 2.74. The fourth-order valence-corrected chi connectivity index (χ4v) is 1.99. The van der Waals surface area contributed by atoms with Gasteiger partial charge >= 0.3 is 0 Å². The van der Waals surface area contributed by atoms with Gasteiger partial charge in [0.05, 0.1) is 18.2 Å². The van der Waals surface area contributed by atoms with E-state index in [1.54, 1.807) is 55.6 Å². The third-order valence-corrected chi connectivity index (χ3v) is 3.01. The van der Waals surface area contributed by atoms with E-state index in [0.29, 0.717) is 22.6 Å². The number of rotatable bonds is 3. The number of hydrogen-bond acceptors (Lipinski definition) is 4. The lowest BCUT2D eigenvalue weighted by atomic mass is 10.1. The number of nitrogens with zero attached hydrogens (tertiary/aromatic N) is 1. The monoisotopic (exact) mass is 269 g/mol. The molecule has 1 heterocycles. The number of carbonyl (C=O) groups excluding carboxylic acids is 2. The molecule has 0 aromatic heterocycles. The van der Waals surface area contributed by atoms with Crippen LogP contribution < -0.4 is 9.57 Å². The van der Waals surface area contributed by atoms with Crippen molar-refractivity contribution in [2.24, 2.45) is 0 Å². The zero-order valence-electron chi connectivity index (χ0n) is 10.7. The van der Waals surface area contributed by atoms with Crippen molar-refractivity contribution in [3.05, 3.63) is 59.7 Å². The van der Waals surface area contributed by atoms with Crippen LogP contribution in [0.4, 0.5) is 0 Å². The summed E-state index contributed by atoms with van der Waals surface area (Å²) in [6.45, 7) is 0. The van der Waals surface area contributed by atoms with Gasteiger partial charge in [-0.25, -0.2) is 0 Å². The Kier molecular flexibility index (Phi) is 2.87. The molecule has 0 spiro atoms. The number of ether oxygens (including phenoxy) is 1. The molecule has 20 heavy (non-hydrogen) atoms. The summed E-state index contributed by atoms with van der Waals surface area (Å²) in [6.07, 6.45) is 0. The molecule has 0 saturated heterocycles. The topological polar surface area (TPSA) is 55.8 Å². The quantitative estimate of drug-likeness (QED) is 0.802.